The average molecular weight is 1240 g/mol. The molecule has 0 unspecified atom stereocenters. The van der Waals surface area contributed by atoms with E-state index in [-0.39, 0.29) is 13.6 Å². The van der Waals surface area contributed by atoms with E-state index in [0.29, 0.717) is 126 Å². The van der Waals surface area contributed by atoms with Crippen LogP contribution in [0.4, 0.5) is 0 Å². The van der Waals surface area contributed by atoms with Crippen LogP contribution in [0.25, 0.3) is 0 Å². The minimum atomic E-state index is 0.263. The van der Waals surface area contributed by atoms with Crippen molar-refractivity contribution in [3.05, 3.63) is 0 Å². The molecule has 0 aromatic rings. The largest absolute Gasteiger partial charge is 0.355 e. The Balaban J connectivity index is 0. The van der Waals surface area contributed by atoms with Crippen LogP contribution in [-0.4, -0.2) is 299 Å². The van der Waals surface area contributed by atoms with Gasteiger partial charge in [0.2, 0.25) is 0 Å². The smallest absolute Gasteiger partial charge is 0.146 e. The first-order valence-corrected chi connectivity index (χ1v) is 32.7. The molecule has 26 heteroatoms. The van der Waals surface area contributed by atoms with Crippen LogP contribution >= 0.6 is 0 Å². The van der Waals surface area contributed by atoms with Gasteiger partial charge in [-0.3, -0.25) is 14.7 Å². The number of hydrogen-bond donors (Lipinski definition) is 9. The molecule has 0 saturated heterocycles. The highest BCUT2D eigenvalue weighted by atomic mass is 16.7. The highest BCUT2D eigenvalue weighted by molar-refractivity contribution is 4.65. The molecular weight excluding hydrogens is 1100 g/mol. The zero-order chi connectivity index (χ0) is 61.8. The average Bonchev–Trinajstić information content (AvgIpc) is 3.51. The van der Waals surface area contributed by atoms with Crippen molar-refractivity contribution in [2.24, 2.45) is 28.7 Å². The molecule has 0 aliphatic heterocycles. The van der Waals surface area contributed by atoms with Gasteiger partial charge in [0.05, 0.1) is 66.1 Å². The van der Waals surface area contributed by atoms with Crippen molar-refractivity contribution in [3.63, 3.8) is 0 Å². The third-order valence-corrected chi connectivity index (χ3v) is 12.6. The maximum absolute atomic E-state index is 5.78. The van der Waals surface area contributed by atoms with Gasteiger partial charge < -0.3 is 116 Å². The summed E-state index contributed by atoms with van der Waals surface area (Å²) in [5.41, 5.74) is 27.5. The molecule has 0 aromatic heterocycles. The van der Waals surface area contributed by atoms with Gasteiger partial charge >= 0.3 is 0 Å². The summed E-state index contributed by atoms with van der Waals surface area (Å²) >= 11 is 0. The number of nitrogens with two attached hydrogens (primary N) is 5. The van der Waals surface area contributed by atoms with Gasteiger partial charge in [-0.25, -0.2) is 0 Å². The summed E-state index contributed by atoms with van der Waals surface area (Å²) in [6.07, 6.45) is 14.9. The molecule has 0 atom stereocenters. The molecule has 0 fully saturated rings. The Morgan fingerprint density at radius 3 is 0.706 bits per heavy atom. The zero-order valence-corrected chi connectivity index (χ0v) is 54.2. The van der Waals surface area contributed by atoms with Crippen LogP contribution in [0.2, 0.25) is 0 Å². The SMILES string of the molecule is CCCNCCOCOCCN(CCCCCOCOCCCCCN)CCOCOCCNCCN.CCCNCCOCOCCN(CCOCOCCNCCN)CCN(CCOCOCCCCCN)CCOCOCCCCCN. The lowest BCUT2D eigenvalue weighted by atomic mass is 10.2. The third-order valence-electron chi connectivity index (χ3n) is 12.6. The van der Waals surface area contributed by atoms with E-state index >= 15 is 0 Å². The number of rotatable bonds is 76. The maximum atomic E-state index is 5.78. The van der Waals surface area contributed by atoms with Crippen LogP contribution in [0.5, 0.6) is 0 Å². The van der Waals surface area contributed by atoms with E-state index in [1.54, 1.807) is 0 Å². The Labute approximate surface area is 517 Å². The Hall–Kier alpha value is -1.04. The topological polar surface area (TPSA) is 317 Å². The van der Waals surface area contributed by atoms with Gasteiger partial charge in [-0.15, -0.1) is 0 Å². The number of nitrogens with one attached hydrogen (secondary N) is 4. The molecule has 0 amide bonds. The molecule has 514 valence electrons. The molecule has 85 heavy (non-hydrogen) atoms. The second-order valence-corrected chi connectivity index (χ2v) is 20.3. The van der Waals surface area contributed by atoms with Crippen molar-refractivity contribution >= 4 is 0 Å². The number of unbranched alkanes of at least 4 members (excludes halogenated alkanes) is 8. The van der Waals surface area contributed by atoms with E-state index in [4.69, 9.17) is 95.0 Å². The summed E-state index contributed by atoms with van der Waals surface area (Å²) in [6, 6.07) is 0. The summed E-state index contributed by atoms with van der Waals surface area (Å²) in [7, 11) is 0. The van der Waals surface area contributed by atoms with Crippen molar-refractivity contribution in [1.29, 1.82) is 0 Å². The molecule has 26 nitrogen and oxygen atoms in total. The first-order valence-electron chi connectivity index (χ1n) is 32.7. The lowest BCUT2D eigenvalue weighted by molar-refractivity contribution is -0.0730. The van der Waals surface area contributed by atoms with Crippen LogP contribution in [0.15, 0.2) is 0 Å². The first kappa shape index (κ1) is 86.0. The monoisotopic (exact) mass is 1240 g/mol. The van der Waals surface area contributed by atoms with Crippen LogP contribution in [0, 0.1) is 0 Å². The normalized spacial score (nSPS) is 11.8. The van der Waals surface area contributed by atoms with Gasteiger partial charge in [0, 0.05) is 131 Å². The highest BCUT2D eigenvalue weighted by Crippen LogP contribution is 2.03. The van der Waals surface area contributed by atoms with E-state index in [1.165, 1.54) is 0 Å². The number of ether oxygens (including phenoxy) is 14. The van der Waals surface area contributed by atoms with Crippen LogP contribution in [0.3, 0.4) is 0 Å². The fourth-order valence-electron chi connectivity index (χ4n) is 7.62. The molecule has 0 rings (SSSR count). The molecular formula is C59H134N12O14. The van der Waals surface area contributed by atoms with Crippen LogP contribution in [-0.2, 0) is 66.3 Å². The van der Waals surface area contributed by atoms with Gasteiger partial charge in [-0.1, -0.05) is 13.8 Å². The fourth-order valence-corrected chi connectivity index (χ4v) is 7.62. The van der Waals surface area contributed by atoms with Crippen LogP contribution in [0.1, 0.15) is 104 Å². The molecule has 0 spiro atoms. The summed E-state index contributed by atoms with van der Waals surface area (Å²) in [4.78, 5) is 7.06. The Morgan fingerprint density at radius 2 is 0.447 bits per heavy atom. The lowest BCUT2D eigenvalue weighted by Crippen LogP contribution is -2.41. The number of hydrogen-bond acceptors (Lipinski definition) is 26. The standard InChI is InChI=1S/C33H75N7O8.C26H59N5O6/c1-2-12-37-14-24-43-32-47-28-20-40(21-29-48-33-44-25-15-38-13-11-36)17-16-39(18-26-45-30-41-22-7-3-5-9-34)19-27-46-31-42-23-8-4-6-10-35;1-2-11-29-13-20-34-25-36-22-16-31(17-23-37-26-35-21-14-30-12-10-28)15-6-4-8-19-33-24-32-18-7-3-5-9-27/h37-38H,2-36H2,1H3;29-30H,2-28H2,1H3. The molecule has 0 bridgehead atoms. The van der Waals surface area contributed by atoms with Crippen molar-refractivity contribution in [1.82, 2.24) is 36.0 Å². The van der Waals surface area contributed by atoms with Gasteiger partial charge in [-0.2, -0.15) is 0 Å². The summed E-state index contributed by atoms with van der Waals surface area (Å²) in [5.74, 6) is 0. The molecule has 0 aliphatic rings. The van der Waals surface area contributed by atoms with E-state index in [2.05, 4.69) is 49.8 Å². The molecule has 0 aliphatic carbocycles. The summed E-state index contributed by atoms with van der Waals surface area (Å²) < 4.78 is 78.8. The third kappa shape index (κ3) is 77.1. The van der Waals surface area contributed by atoms with Gasteiger partial charge in [-0.05, 0) is 129 Å². The zero-order valence-electron chi connectivity index (χ0n) is 54.2. The van der Waals surface area contributed by atoms with E-state index in [9.17, 15) is 0 Å². The lowest BCUT2D eigenvalue weighted by Gasteiger charge is -2.27. The van der Waals surface area contributed by atoms with E-state index in [0.717, 1.165) is 234 Å². The second-order valence-electron chi connectivity index (χ2n) is 20.3. The van der Waals surface area contributed by atoms with Crippen molar-refractivity contribution in [3.8, 4) is 0 Å². The molecule has 14 N–H and O–H groups in total. The van der Waals surface area contributed by atoms with Crippen LogP contribution < -0.4 is 49.9 Å². The number of nitrogens with zero attached hydrogens (tertiary/aromatic N) is 3. The quantitative estimate of drug-likeness (QED) is 0.0308. The van der Waals surface area contributed by atoms with Crippen molar-refractivity contribution in [2.75, 3.05) is 284 Å². The summed E-state index contributed by atoms with van der Waals surface area (Å²) in [6.45, 7) is 33.1. The predicted octanol–water partition coefficient (Wildman–Crippen LogP) is 1.47. The van der Waals surface area contributed by atoms with Gasteiger partial charge in [0.15, 0.2) is 0 Å². The Morgan fingerprint density at radius 1 is 0.212 bits per heavy atom. The van der Waals surface area contributed by atoms with Gasteiger partial charge in [0.1, 0.15) is 47.6 Å². The minimum absolute atomic E-state index is 0.263. The Kier molecular flexibility index (Phi) is 81.9. The first-order chi connectivity index (χ1) is 42.1. The molecule has 0 heterocycles. The molecule has 0 aromatic carbocycles. The maximum Gasteiger partial charge on any atom is 0.146 e. The fraction of sp³-hybridized carbons (Fsp3) is 1.00. The van der Waals surface area contributed by atoms with E-state index in [1.807, 2.05) is 0 Å². The molecule has 0 radical (unpaired) electrons. The Bertz CT molecular complexity index is 1060. The van der Waals surface area contributed by atoms with Gasteiger partial charge in [0.25, 0.3) is 0 Å². The summed E-state index contributed by atoms with van der Waals surface area (Å²) in [5, 5.41) is 13.0. The minimum Gasteiger partial charge on any atom is -0.355 e. The highest BCUT2D eigenvalue weighted by Gasteiger charge is 2.12. The van der Waals surface area contributed by atoms with Crippen molar-refractivity contribution in [2.45, 2.75) is 104 Å². The van der Waals surface area contributed by atoms with Crippen molar-refractivity contribution < 1.29 is 66.3 Å². The van der Waals surface area contributed by atoms with E-state index < -0.39 is 0 Å². The second kappa shape index (κ2) is 81.0. The molecule has 0 saturated carbocycles. The predicted molar refractivity (Wildman–Crippen MR) is 339 cm³/mol.